The second-order valence-electron chi connectivity index (χ2n) is 10.9. The zero-order valence-electron chi connectivity index (χ0n) is 21.3. The first-order valence-corrected chi connectivity index (χ1v) is 13.4. The van der Waals surface area contributed by atoms with Gasteiger partial charge in [-0.1, -0.05) is 6.08 Å². The Bertz CT molecular complexity index is 961. The standard InChI is InChI=1S/C15H19NO4.C12H17NO4/c1-10(17)18-12-5-7-15-9-13(12)19-14(15)4-3-11(20-15)6-8-16-2;1-13-5-4-8-2-3-10-12(17-8)6-9(16-10)11(14)15-7-12/h5,7,11-14H,3-4,6,8-9H2,1H3;8-11,14H,2-7H2/t11-,12-,13-,14+,15+;8-,9-,10+,11?,12-/m11/s1. The van der Waals surface area contributed by atoms with Crippen LogP contribution in [0, 0.1) is 13.1 Å². The molecule has 4 bridgehead atoms. The summed E-state index contributed by atoms with van der Waals surface area (Å²) in [5.74, 6) is -0.287. The van der Waals surface area contributed by atoms with Crippen molar-refractivity contribution >= 4 is 5.97 Å². The number of aliphatic hydroxyl groups is 1. The van der Waals surface area contributed by atoms with Gasteiger partial charge in [-0.05, 0) is 31.8 Å². The maximum Gasteiger partial charge on any atom is 0.303 e. The number of ether oxygens (including phenoxy) is 6. The fraction of sp³-hybridized carbons (Fsp3) is 0.815. The normalized spacial score (nSPS) is 44.9. The van der Waals surface area contributed by atoms with Crippen LogP contribution in [0.25, 0.3) is 9.69 Å². The minimum absolute atomic E-state index is 0.0495. The van der Waals surface area contributed by atoms with Crippen molar-refractivity contribution in [2.24, 2.45) is 0 Å². The SMILES string of the molecule is [C-]#[N+]CC[C@H]1CC[C@@H]2O[C@@H]3C[C@]2(C=C[C@H]3OC(C)=O)O1.[C-]#[N+]CC[C@H]1CC[C@@H]2O[C@@H]3C[C@]2(COC3O)O1. The summed E-state index contributed by atoms with van der Waals surface area (Å²) >= 11 is 0. The molecule has 202 valence electrons. The van der Waals surface area contributed by atoms with Gasteiger partial charge in [-0.25, -0.2) is 13.1 Å². The van der Waals surface area contributed by atoms with Crippen LogP contribution in [0.1, 0.15) is 58.3 Å². The van der Waals surface area contributed by atoms with Gasteiger partial charge in [0.1, 0.15) is 29.5 Å². The number of aliphatic hydroxyl groups excluding tert-OH is 1. The lowest BCUT2D eigenvalue weighted by atomic mass is 9.82. The third kappa shape index (κ3) is 5.42. The average molecular weight is 517 g/mol. The second kappa shape index (κ2) is 11.0. The van der Waals surface area contributed by atoms with Gasteiger partial charge in [0.25, 0.3) is 0 Å². The molecule has 0 aromatic carbocycles. The third-order valence-electron chi connectivity index (χ3n) is 8.34. The number of carbonyl (C=O) groups is 1. The van der Waals surface area contributed by atoms with Crippen molar-refractivity contribution in [3.05, 3.63) is 35.0 Å². The van der Waals surface area contributed by atoms with E-state index in [1.54, 1.807) is 0 Å². The van der Waals surface area contributed by atoms with E-state index in [1.165, 1.54) is 6.92 Å². The summed E-state index contributed by atoms with van der Waals surface area (Å²) < 4.78 is 34.7. The number of rotatable bonds is 5. The molecule has 0 radical (unpaired) electrons. The molecule has 10 heteroatoms. The van der Waals surface area contributed by atoms with Gasteiger partial charge in [0, 0.05) is 32.6 Å². The number of nitrogens with zero attached hydrogens (tertiary/aromatic N) is 2. The fourth-order valence-electron chi connectivity index (χ4n) is 6.61. The van der Waals surface area contributed by atoms with Crippen molar-refractivity contribution in [2.75, 3.05) is 19.7 Å². The molecule has 0 saturated carbocycles. The van der Waals surface area contributed by atoms with Crippen LogP contribution in [0.2, 0.25) is 0 Å². The van der Waals surface area contributed by atoms with Crippen LogP contribution in [0.15, 0.2) is 12.2 Å². The molecule has 10 atom stereocenters. The number of hydrogen-bond donors (Lipinski definition) is 1. The van der Waals surface area contributed by atoms with Gasteiger partial charge < -0.3 is 43.2 Å². The van der Waals surface area contributed by atoms with E-state index in [-0.39, 0.29) is 59.9 Å². The summed E-state index contributed by atoms with van der Waals surface area (Å²) in [5, 5.41) is 9.60. The van der Waals surface area contributed by atoms with Gasteiger partial charge in [-0.2, -0.15) is 0 Å². The smallest absolute Gasteiger partial charge is 0.303 e. The van der Waals surface area contributed by atoms with Crippen LogP contribution in [-0.2, 0) is 33.2 Å². The lowest BCUT2D eigenvalue weighted by Crippen LogP contribution is -2.54. The summed E-state index contributed by atoms with van der Waals surface area (Å²) in [7, 11) is 0. The molecule has 5 aliphatic heterocycles. The van der Waals surface area contributed by atoms with Crippen molar-refractivity contribution in [1.29, 1.82) is 0 Å². The predicted molar refractivity (Wildman–Crippen MR) is 129 cm³/mol. The van der Waals surface area contributed by atoms with E-state index >= 15 is 0 Å². The minimum atomic E-state index is -0.809. The maximum atomic E-state index is 11.1. The van der Waals surface area contributed by atoms with Crippen LogP contribution in [0.3, 0.4) is 0 Å². The quantitative estimate of drug-likeness (QED) is 0.338. The van der Waals surface area contributed by atoms with E-state index in [0.29, 0.717) is 26.1 Å². The van der Waals surface area contributed by atoms with Crippen LogP contribution < -0.4 is 0 Å². The minimum Gasteiger partial charge on any atom is -0.456 e. The number of esters is 1. The van der Waals surface area contributed by atoms with E-state index in [0.717, 1.165) is 44.9 Å². The molecule has 10 nitrogen and oxygen atoms in total. The molecule has 0 aromatic rings. The van der Waals surface area contributed by atoms with Gasteiger partial charge >= 0.3 is 5.97 Å². The highest BCUT2D eigenvalue weighted by atomic mass is 16.7. The Morgan fingerprint density at radius 2 is 1.68 bits per heavy atom. The lowest BCUT2D eigenvalue weighted by Gasteiger charge is -2.42. The molecule has 37 heavy (non-hydrogen) atoms. The Labute approximate surface area is 217 Å². The first kappa shape index (κ1) is 26.6. The lowest BCUT2D eigenvalue weighted by molar-refractivity contribution is -0.222. The summed E-state index contributed by atoms with van der Waals surface area (Å²) in [6.07, 6.45) is 9.60. The summed E-state index contributed by atoms with van der Waals surface area (Å²) in [6.45, 7) is 16.5. The Balaban J connectivity index is 0.000000153. The van der Waals surface area contributed by atoms with Crippen LogP contribution >= 0.6 is 0 Å². The van der Waals surface area contributed by atoms with Crippen LogP contribution in [0.4, 0.5) is 0 Å². The van der Waals surface area contributed by atoms with Crippen molar-refractivity contribution in [3.8, 4) is 0 Å². The van der Waals surface area contributed by atoms with Gasteiger partial charge in [-0.3, -0.25) is 4.79 Å². The zero-order valence-corrected chi connectivity index (χ0v) is 21.3. The number of fused-ring (bicyclic) bond motifs is 2. The molecule has 1 unspecified atom stereocenters. The van der Waals surface area contributed by atoms with E-state index in [1.807, 2.05) is 12.2 Å². The monoisotopic (exact) mass is 516 g/mol. The summed E-state index contributed by atoms with van der Waals surface area (Å²) in [6, 6.07) is 0. The Hall–Kier alpha value is -2.05. The summed E-state index contributed by atoms with van der Waals surface area (Å²) in [4.78, 5) is 17.9. The predicted octanol–water partition coefficient (Wildman–Crippen LogP) is 2.59. The number of hydrogen-bond acceptors (Lipinski definition) is 8. The molecular weight excluding hydrogens is 480 g/mol. The van der Waals surface area contributed by atoms with Gasteiger partial charge in [0.2, 0.25) is 13.1 Å². The van der Waals surface area contributed by atoms with Gasteiger partial charge in [-0.15, -0.1) is 0 Å². The molecule has 5 heterocycles. The fourth-order valence-corrected chi connectivity index (χ4v) is 6.61. The van der Waals surface area contributed by atoms with Crippen molar-refractivity contribution in [3.63, 3.8) is 0 Å². The van der Waals surface area contributed by atoms with E-state index in [2.05, 4.69) is 9.69 Å². The molecule has 1 N–H and O–H groups in total. The highest BCUT2D eigenvalue weighted by Crippen LogP contribution is 2.48. The number of carbonyl (C=O) groups excluding carboxylic acids is 1. The largest absolute Gasteiger partial charge is 0.456 e. The molecule has 5 fully saturated rings. The van der Waals surface area contributed by atoms with Gasteiger partial charge in [0.15, 0.2) is 6.29 Å². The van der Waals surface area contributed by atoms with E-state index in [9.17, 15) is 9.90 Å². The first-order chi connectivity index (χ1) is 17.9. The Kier molecular flexibility index (Phi) is 7.88. The highest BCUT2D eigenvalue weighted by molar-refractivity contribution is 5.66. The van der Waals surface area contributed by atoms with Crippen molar-refractivity contribution in [1.82, 2.24) is 0 Å². The molecule has 5 saturated heterocycles. The maximum absolute atomic E-state index is 11.1. The Morgan fingerprint density at radius 1 is 1.00 bits per heavy atom. The van der Waals surface area contributed by atoms with Crippen molar-refractivity contribution < 1.29 is 38.3 Å². The third-order valence-corrected chi connectivity index (χ3v) is 8.34. The molecule has 0 aromatic heterocycles. The van der Waals surface area contributed by atoms with E-state index in [4.69, 9.17) is 41.6 Å². The molecule has 6 rings (SSSR count). The second-order valence-corrected chi connectivity index (χ2v) is 10.9. The topological polar surface area (TPSA) is 101 Å². The first-order valence-electron chi connectivity index (χ1n) is 13.4. The Morgan fingerprint density at radius 3 is 2.38 bits per heavy atom. The zero-order chi connectivity index (χ0) is 26.0. The average Bonchev–Trinajstić information content (AvgIpc) is 3.38. The molecule has 0 amide bonds. The highest BCUT2D eigenvalue weighted by Gasteiger charge is 2.58. The van der Waals surface area contributed by atoms with E-state index < -0.39 is 6.29 Å². The molecular formula is C27H36N2O8. The van der Waals surface area contributed by atoms with Gasteiger partial charge in [0.05, 0.1) is 31.0 Å². The van der Waals surface area contributed by atoms with Crippen molar-refractivity contribution in [2.45, 2.75) is 119 Å². The van der Waals surface area contributed by atoms with Crippen LogP contribution in [0.5, 0.6) is 0 Å². The molecule has 1 aliphatic carbocycles. The molecule has 6 aliphatic rings. The molecule has 2 spiro atoms. The summed E-state index contributed by atoms with van der Waals surface area (Å²) in [5.41, 5.74) is -0.735. The van der Waals surface area contributed by atoms with Crippen LogP contribution in [-0.4, -0.2) is 91.0 Å².